The number of cyclic esters (lactones) is 1. The minimum Gasteiger partial charge on any atom is -0.439 e. The molecule has 0 spiro atoms. The predicted octanol–water partition coefficient (Wildman–Crippen LogP) is 2.55. The number of benzene rings is 2. The number of hydrogen-bond acceptors (Lipinski definition) is 4. The monoisotopic (exact) mass is 377 g/mol. The van der Waals surface area contributed by atoms with Crippen LogP contribution in [0.4, 0.5) is 4.79 Å². The van der Waals surface area contributed by atoms with E-state index in [4.69, 9.17) is 4.74 Å². The highest BCUT2D eigenvalue weighted by Crippen LogP contribution is 2.20. The van der Waals surface area contributed by atoms with E-state index in [2.05, 4.69) is 10.3 Å². The molecule has 7 heteroatoms. The molecule has 1 aliphatic rings. The molecular weight excluding hydrogens is 358 g/mol. The van der Waals surface area contributed by atoms with Crippen LogP contribution in [0.2, 0.25) is 0 Å². The van der Waals surface area contributed by atoms with Crippen molar-refractivity contribution in [2.45, 2.75) is 12.5 Å². The fourth-order valence-electron chi connectivity index (χ4n) is 3.36. The Bertz CT molecular complexity index is 1010. The first-order valence-electron chi connectivity index (χ1n) is 8.98. The summed E-state index contributed by atoms with van der Waals surface area (Å²) in [5, 5.41) is 3.94. The van der Waals surface area contributed by atoms with Crippen LogP contribution in [-0.4, -0.2) is 40.9 Å². The second-order valence-electron chi connectivity index (χ2n) is 6.63. The average Bonchev–Trinajstić information content (AvgIpc) is 3.26. The van der Waals surface area contributed by atoms with Gasteiger partial charge in [-0.25, -0.2) is 9.69 Å². The number of para-hydroxylation sites is 1. The highest BCUT2D eigenvalue weighted by atomic mass is 16.6. The van der Waals surface area contributed by atoms with Gasteiger partial charge in [-0.1, -0.05) is 48.5 Å². The summed E-state index contributed by atoms with van der Waals surface area (Å²) < 4.78 is 4.77. The summed E-state index contributed by atoms with van der Waals surface area (Å²) in [5.74, 6) is -0.601. The first kappa shape index (κ1) is 17.8. The standard InChI is InChI=1S/C21H19N3O4/c25-19(10-15-11-22-17-9-5-4-8-16(15)17)23-18(14-6-2-1-3-7-14)12-24-20(26)13-28-21(24)27/h1-9,11,18,22H,10,12-13H2,(H,23,25). The largest absolute Gasteiger partial charge is 0.439 e. The molecule has 1 atom stereocenters. The number of rotatable bonds is 6. The fraction of sp³-hybridized carbons (Fsp3) is 0.190. The van der Waals surface area contributed by atoms with Crippen LogP contribution < -0.4 is 5.32 Å². The second kappa shape index (κ2) is 7.56. The third-order valence-electron chi connectivity index (χ3n) is 4.77. The summed E-state index contributed by atoms with van der Waals surface area (Å²) >= 11 is 0. The Morgan fingerprint density at radius 1 is 1.11 bits per heavy atom. The molecule has 0 saturated carbocycles. The van der Waals surface area contributed by atoms with Crippen LogP contribution in [0.15, 0.2) is 60.8 Å². The summed E-state index contributed by atoms with van der Waals surface area (Å²) in [7, 11) is 0. The molecule has 2 N–H and O–H groups in total. The molecule has 142 valence electrons. The molecule has 3 aromatic rings. The summed E-state index contributed by atoms with van der Waals surface area (Å²) in [5.41, 5.74) is 2.66. The zero-order valence-electron chi connectivity index (χ0n) is 15.1. The number of aromatic nitrogens is 1. The Balaban J connectivity index is 1.52. The van der Waals surface area contributed by atoms with E-state index in [0.29, 0.717) is 0 Å². The number of fused-ring (bicyclic) bond motifs is 1. The van der Waals surface area contributed by atoms with Crippen molar-refractivity contribution in [2.24, 2.45) is 0 Å². The average molecular weight is 377 g/mol. The lowest BCUT2D eigenvalue weighted by molar-refractivity contribution is -0.127. The fourth-order valence-corrected chi connectivity index (χ4v) is 3.36. The number of imide groups is 1. The number of aromatic amines is 1. The van der Waals surface area contributed by atoms with Crippen LogP contribution in [0.5, 0.6) is 0 Å². The topological polar surface area (TPSA) is 91.5 Å². The van der Waals surface area contributed by atoms with Crippen LogP contribution in [-0.2, 0) is 20.7 Å². The molecular formula is C21H19N3O4. The van der Waals surface area contributed by atoms with Crippen molar-refractivity contribution in [1.82, 2.24) is 15.2 Å². The number of hydrogen-bond donors (Lipinski definition) is 2. The molecule has 1 saturated heterocycles. The van der Waals surface area contributed by atoms with Gasteiger partial charge in [-0.05, 0) is 17.2 Å². The molecule has 7 nitrogen and oxygen atoms in total. The van der Waals surface area contributed by atoms with E-state index in [-0.39, 0.29) is 25.5 Å². The minimum atomic E-state index is -0.684. The summed E-state index contributed by atoms with van der Waals surface area (Å²) in [4.78, 5) is 40.6. The second-order valence-corrected chi connectivity index (χ2v) is 6.63. The van der Waals surface area contributed by atoms with Crippen LogP contribution >= 0.6 is 0 Å². The minimum absolute atomic E-state index is 0.0291. The number of carbonyl (C=O) groups is 3. The van der Waals surface area contributed by atoms with Crippen molar-refractivity contribution in [2.75, 3.05) is 13.2 Å². The van der Waals surface area contributed by atoms with Gasteiger partial charge >= 0.3 is 6.09 Å². The van der Waals surface area contributed by atoms with Crippen LogP contribution in [0.25, 0.3) is 10.9 Å². The van der Waals surface area contributed by atoms with Gasteiger partial charge in [0.25, 0.3) is 5.91 Å². The summed E-state index contributed by atoms with van der Waals surface area (Å²) in [6.07, 6.45) is 1.33. The first-order chi connectivity index (χ1) is 13.6. The van der Waals surface area contributed by atoms with Gasteiger partial charge in [0.15, 0.2) is 6.61 Å². The van der Waals surface area contributed by atoms with E-state index in [1.54, 1.807) is 0 Å². The zero-order valence-corrected chi connectivity index (χ0v) is 15.1. The number of nitrogens with one attached hydrogen (secondary N) is 2. The predicted molar refractivity (Wildman–Crippen MR) is 102 cm³/mol. The third-order valence-corrected chi connectivity index (χ3v) is 4.77. The van der Waals surface area contributed by atoms with Gasteiger partial charge in [0.2, 0.25) is 5.91 Å². The van der Waals surface area contributed by atoms with Gasteiger partial charge in [-0.2, -0.15) is 0 Å². The van der Waals surface area contributed by atoms with E-state index in [0.717, 1.165) is 26.9 Å². The number of nitrogens with zero attached hydrogens (tertiary/aromatic N) is 1. The third kappa shape index (κ3) is 3.59. The highest BCUT2D eigenvalue weighted by Gasteiger charge is 2.33. The quantitative estimate of drug-likeness (QED) is 0.691. The van der Waals surface area contributed by atoms with E-state index in [1.165, 1.54) is 0 Å². The summed E-state index contributed by atoms with van der Waals surface area (Å²) in [6, 6.07) is 16.5. The first-order valence-corrected chi connectivity index (χ1v) is 8.98. The highest BCUT2D eigenvalue weighted by molar-refractivity contribution is 5.98. The maximum absolute atomic E-state index is 12.7. The normalized spacial score (nSPS) is 14.9. The maximum Gasteiger partial charge on any atom is 0.417 e. The molecule has 0 radical (unpaired) electrons. The van der Waals surface area contributed by atoms with Crippen molar-refractivity contribution in [3.05, 3.63) is 71.9 Å². The number of H-pyrrole nitrogens is 1. The van der Waals surface area contributed by atoms with Crippen LogP contribution in [0.3, 0.4) is 0 Å². The van der Waals surface area contributed by atoms with E-state index < -0.39 is 18.0 Å². The lowest BCUT2D eigenvalue weighted by atomic mass is 10.1. The molecule has 1 aliphatic heterocycles. The molecule has 1 aromatic heterocycles. The van der Waals surface area contributed by atoms with Crippen molar-refractivity contribution < 1.29 is 19.1 Å². The van der Waals surface area contributed by atoms with Gasteiger partial charge in [0.05, 0.1) is 19.0 Å². The Kier molecular flexibility index (Phi) is 4.80. The van der Waals surface area contributed by atoms with Gasteiger partial charge in [-0.3, -0.25) is 9.59 Å². The van der Waals surface area contributed by atoms with E-state index >= 15 is 0 Å². The number of ether oxygens (including phenoxy) is 1. The van der Waals surface area contributed by atoms with Gasteiger partial charge < -0.3 is 15.0 Å². The van der Waals surface area contributed by atoms with Crippen molar-refractivity contribution in [3.63, 3.8) is 0 Å². The van der Waals surface area contributed by atoms with Gasteiger partial charge in [0.1, 0.15) is 0 Å². The molecule has 1 fully saturated rings. The lowest BCUT2D eigenvalue weighted by Gasteiger charge is -2.22. The zero-order chi connectivity index (χ0) is 19.5. The molecule has 3 amide bonds. The van der Waals surface area contributed by atoms with Crippen molar-refractivity contribution in [3.8, 4) is 0 Å². The van der Waals surface area contributed by atoms with Crippen molar-refractivity contribution in [1.29, 1.82) is 0 Å². The van der Waals surface area contributed by atoms with Crippen LogP contribution in [0.1, 0.15) is 17.2 Å². The Labute approximate surface area is 161 Å². The summed E-state index contributed by atoms with van der Waals surface area (Å²) in [6.45, 7) is -0.231. The van der Waals surface area contributed by atoms with Crippen molar-refractivity contribution >= 4 is 28.8 Å². The molecule has 0 bridgehead atoms. The van der Waals surface area contributed by atoms with E-state index in [9.17, 15) is 14.4 Å². The molecule has 1 unspecified atom stereocenters. The molecule has 4 rings (SSSR count). The number of amides is 3. The van der Waals surface area contributed by atoms with Crippen LogP contribution in [0, 0.1) is 0 Å². The SMILES string of the molecule is O=C(Cc1c[nH]c2ccccc12)NC(CN1C(=O)COC1=O)c1ccccc1. The molecule has 2 heterocycles. The number of carbonyl (C=O) groups excluding carboxylic acids is 3. The Morgan fingerprint density at radius 3 is 2.61 bits per heavy atom. The smallest absolute Gasteiger partial charge is 0.417 e. The molecule has 2 aromatic carbocycles. The molecule has 28 heavy (non-hydrogen) atoms. The van der Waals surface area contributed by atoms with Gasteiger partial charge in [-0.15, -0.1) is 0 Å². The Morgan fingerprint density at radius 2 is 1.86 bits per heavy atom. The van der Waals surface area contributed by atoms with E-state index in [1.807, 2.05) is 60.8 Å². The van der Waals surface area contributed by atoms with Gasteiger partial charge in [0, 0.05) is 17.1 Å². The lowest BCUT2D eigenvalue weighted by Crippen LogP contribution is -2.40. The molecule has 0 aliphatic carbocycles. The maximum atomic E-state index is 12.7. The Hall–Kier alpha value is -3.61.